The van der Waals surface area contributed by atoms with Gasteiger partial charge in [0.2, 0.25) is 0 Å². The molecule has 2 aromatic carbocycles. The van der Waals surface area contributed by atoms with E-state index in [4.69, 9.17) is 0 Å². The number of benzene rings is 2. The van der Waals surface area contributed by atoms with E-state index in [2.05, 4.69) is 19.2 Å². The molecule has 1 aliphatic heterocycles. The van der Waals surface area contributed by atoms with Crippen LogP contribution in [0.1, 0.15) is 5.56 Å². The molecule has 3 heterocycles. The molecule has 0 spiro atoms. The minimum atomic E-state index is -4.34. The first-order valence-corrected chi connectivity index (χ1v) is 10.6. The van der Waals surface area contributed by atoms with Gasteiger partial charge in [-0.2, -0.15) is 17.5 Å². The maximum atomic E-state index is 13.0. The van der Waals surface area contributed by atoms with Crippen LogP contribution in [0.2, 0.25) is 0 Å². The zero-order valence-electron chi connectivity index (χ0n) is 16.4. The maximum absolute atomic E-state index is 13.0. The molecule has 0 bridgehead atoms. The molecule has 4 aromatic rings. The van der Waals surface area contributed by atoms with Crippen molar-refractivity contribution in [2.75, 3.05) is 36.0 Å². The smallest absolute Gasteiger partial charge is 0.368 e. The third kappa shape index (κ3) is 3.81. The largest absolute Gasteiger partial charge is 0.416 e. The van der Waals surface area contributed by atoms with Crippen LogP contribution in [-0.4, -0.2) is 40.5 Å². The summed E-state index contributed by atoms with van der Waals surface area (Å²) < 4.78 is 44.7. The second-order valence-corrected chi connectivity index (χ2v) is 8.07. The van der Waals surface area contributed by atoms with Gasteiger partial charge in [-0.25, -0.2) is 9.97 Å². The van der Waals surface area contributed by atoms with Crippen molar-refractivity contribution in [3.63, 3.8) is 0 Å². The molecule has 5 rings (SSSR count). The number of nitrogens with zero attached hydrogens (tertiary/aromatic N) is 5. The predicted molar refractivity (Wildman–Crippen MR) is 117 cm³/mol. The molecule has 0 saturated carbocycles. The van der Waals surface area contributed by atoms with Crippen molar-refractivity contribution < 1.29 is 13.2 Å². The Morgan fingerprint density at radius 3 is 2.32 bits per heavy atom. The fourth-order valence-electron chi connectivity index (χ4n) is 3.82. The van der Waals surface area contributed by atoms with Gasteiger partial charge in [-0.3, -0.25) is 0 Å². The van der Waals surface area contributed by atoms with Crippen molar-refractivity contribution in [3.05, 3.63) is 66.5 Å². The van der Waals surface area contributed by atoms with E-state index in [0.29, 0.717) is 31.9 Å². The average molecular weight is 441 g/mol. The lowest BCUT2D eigenvalue weighted by atomic mass is 10.1. The van der Waals surface area contributed by atoms with Crippen molar-refractivity contribution in [2.45, 2.75) is 6.18 Å². The summed E-state index contributed by atoms with van der Waals surface area (Å²) >= 11 is 1.38. The van der Waals surface area contributed by atoms with E-state index in [1.54, 1.807) is 12.4 Å². The Bertz CT molecular complexity index is 1200. The molecule has 1 fully saturated rings. The van der Waals surface area contributed by atoms with Gasteiger partial charge in [0.15, 0.2) is 5.82 Å². The Kier molecular flexibility index (Phi) is 4.97. The topological polar surface area (TPSA) is 45.2 Å². The lowest BCUT2D eigenvalue weighted by molar-refractivity contribution is -0.137. The van der Waals surface area contributed by atoms with E-state index in [1.165, 1.54) is 23.7 Å². The van der Waals surface area contributed by atoms with Crippen molar-refractivity contribution in [1.29, 1.82) is 0 Å². The summed E-state index contributed by atoms with van der Waals surface area (Å²) in [6.45, 7) is 2.52. The first kappa shape index (κ1) is 19.7. The minimum absolute atomic E-state index is 0.589. The first-order chi connectivity index (χ1) is 15.0. The van der Waals surface area contributed by atoms with Crippen molar-refractivity contribution >= 4 is 33.3 Å². The molecule has 0 amide bonds. The molecule has 31 heavy (non-hydrogen) atoms. The van der Waals surface area contributed by atoms with Gasteiger partial charge in [0.1, 0.15) is 22.2 Å². The number of rotatable bonds is 3. The first-order valence-electron chi connectivity index (χ1n) is 9.84. The quantitative estimate of drug-likeness (QED) is 0.443. The Balaban J connectivity index is 1.37. The van der Waals surface area contributed by atoms with E-state index in [-0.39, 0.29) is 0 Å². The summed E-state index contributed by atoms with van der Waals surface area (Å²) in [5.74, 6) is 0.827. The Morgan fingerprint density at radius 2 is 1.58 bits per heavy atom. The van der Waals surface area contributed by atoms with Crippen LogP contribution < -0.4 is 9.80 Å². The summed E-state index contributed by atoms with van der Waals surface area (Å²) in [7, 11) is 0. The van der Waals surface area contributed by atoms with E-state index in [1.807, 2.05) is 35.2 Å². The van der Waals surface area contributed by atoms with E-state index in [0.717, 1.165) is 33.4 Å². The van der Waals surface area contributed by atoms with E-state index >= 15 is 0 Å². The van der Waals surface area contributed by atoms with Gasteiger partial charge in [0, 0.05) is 37.4 Å². The van der Waals surface area contributed by atoms with Crippen LogP contribution in [0.3, 0.4) is 0 Å². The number of hydrogen-bond donors (Lipinski definition) is 0. The van der Waals surface area contributed by atoms with E-state index in [9.17, 15) is 13.2 Å². The zero-order chi connectivity index (χ0) is 21.4. The molecule has 0 atom stereocenters. The summed E-state index contributed by atoms with van der Waals surface area (Å²) in [5, 5.41) is 0. The second kappa shape index (κ2) is 7.81. The Morgan fingerprint density at radius 1 is 0.839 bits per heavy atom. The summed E-state index contributed by atoms with van der Waals surface area (Å²) in [5.41, 5.74) is 2.63. The lowest BCUT2D eigenvalue weighted by Crippen LogP contribution is -2.47. The average Bonchev–Trinajstić information content (AvgIpc) is 3.24. The van der Waals surface area contributed by atoms with Crippen molar-refractivity contribution in [2.24, 2.45) is 0 Å². The number of anilines is 2. The standard InChI is InChI=1S/C22H18F3N5S/c23-22(24,25)16-7-4-8-17(13-16)29-9-11-30(12-10-29)21-20-19(26-14-27-21)18(28-31-20)15-5-2-1-3-6-15/h1-8,13-14H,9-12H2. The van der Waals surface area contributed by atoms with Gasteiger partial charge in [-0.05, 0) is 29.7 Å². The van der Waals surface area contributed by atoms with Crippen LogP contribution in [0.25, 0.3) is 21.5 Å². The molecule has 1 aliphatic rings. The fourth-order valence-corrected chi connectivity index (χ4v) is 4.69. The van der Waals surface area contributed by atoms with Gasteiger partial charge in [0.05, 0.1) is 5.56 Å². The number of hydrogen-bond acceptors (Lipinski definition) is 6. The summed E-state index contributed by atoms with van der Waals surface area (Å²) in [4.78, 5) is 13.1. The van der Waals surface area contributed by atoms with Crippen LogP contribution in [0.4, 0.5) is 24.7 Å². The normalized spacial score (nSPS) is 14.9. The van der Waals surface area contributed by atoms with Crippen LogP contribution in [0.5, 0.6) is 0 Å². The Hall–Kier alpha value is -3.20. The summed E-state index contributed by atoms with van der Waals surface area (Å²) in [6, 6.07) is 15.4. The van der Waals surface area contributed by atoms with Gasteiger partial charge in [-0.1, -0.05) is 36.4 Å². The highest BCUT2D eigenvalue weighted by Crippen LogP contribution is 2.35. The maximum Gasteiger partial charge on any atom is 0.416 e. The monoisotopic (exact) mass is 441 g/mol. The SMILES string of the molecule is FC(F)(F)c1cccc(N2CCN(c3ncnc4c(-c5ccccc5)nsc34)CC2)c1. The van der Waals surface area contributed by atoms with Gasteiger partial charge in [0.25, 0.3) is 0 Å². The van der Waals surface area contributed by atoms with Gasteiger partial charge >= 0.3 is 6.18 Å². The third-order valence-electron chi connectivity index (χ3n) is 5.40. The molecular formula is C22H18F3N5S. The molecule has 2 aromatic heterocycles. The number of piperazine rings is 1. The molecular weight excluding hydrogens is 423 g/mol. The van der Waals surface area contributed by atoms with Crippen LogP contribution in [-0.2, 0) is 6.18 Å². The molecule has 1 saturated heterocycles. The molecule has 158 valence electrons. The lowest BCUT2D eigenvalue weighted by Gasteiger charge is -2.37. The minimum Gasteiger partial charge on any atom is -0.368 e. The highest BCUT2D eigenvalue weighted by Gasteiger charge is 2.31. The van der Waals surface area contributed by atoms with E-state index < -0.39 is 11.7 Å². The molecule has 0 N–H and O–H groups in total. The van der Waals surface area contributed by atoms with Crippen LogP contribution in [0, 0.1) is 0 Å². The fraction of sp³-hybridized carbons (Fsp3) is 0.227. The zero-order valence-corrected chi connectivity index (χ0v) is 17.2. The highest BCUT2D eigenvalue weighted by molar-refractivity contribution is 7.14. The molecule has 0 aliphatic carbocycles. The molecule has 0 radical (unpaired) electrons. The predicted octanol–water partition coefficient (Wildman–Crippen LogP) is 5.10. The van der Waals surface area contributed by atoms with Gasteiger partial charge < -0.3 is 9.80 Å². The summed E-state index contributed by atoms with van der Waals surface area (Å²) in [6.07, 6.45) is -2.79. The molecule has 9 heteroatoms. The van der Waals surface area contributed by atoms with Crippen molar-refractivity contribution in [1.82, 2.24) is 14.3 Å². The number of halogens is 3. The third-order valence-corrected chi connectivity index (χ3v) is 6.23. The molecule has 5 nitrogen and oxygen atoms in total. The van der Waals surface area contributed by atoms with Crippen LogP contribution in [0.15, 0.2) is 60.9 Å². The number of alkyl halides is 3. The highest BCUT2D eigenvalue weighted by atomic mass is 32.1. The Labute approximate surface area is 181 Å². The van der Waals surface area contributed by atoms with Crippen molar-refractivity contribution in [3.8, 4) is 11.3 Å². The number of fused-ring (bicyclic) bond motifs is 1. The second-order valence-electron chi connectivity index (χ2n) is 7.29. The number of aromatic nitrogens is 3. The van der Waals surface area contributed by atoms with Gasteiger partial charge in [-0.15, -0.1) is 0 Å². The van der Waals surface area contributed by atoms with Crippen LogP contribution >= 0.6 is 11.5 Å². The molecule has 0 unspecified atom stereocenters.